The van der Waals surface area contributed by atoms with E-state index >= 15 is 0 Å². The van der Waals surface area contributed by atoms with E-state index in [9.17, 15) is 4.79 Å². The van der Waals surface area contributed by atoms with Crippen molar-refractivity contribution in [1.82, 2.24) is 10.3 Å². The molecule has 2 aromatic rings. The summed E-state index contributed by atoms with van der Waals surface area (Å²) < 4.78 is 10.7. The Morgan fingerprint density at radius 3 is 2.65 bits per heavy atom. The van der Waals surface area contributed by atoms with E-state index in [-0.39, 0.29) is 19.1 Å². The molecule has 120 valence electrons. The number of carbonyl (C=O) groups excluding carboxylic acids is 1. The summed E-state index contributed by atoms with van der Waals surface area (Å²) in [6.45, 7) is 4.20. The molecule has 0 aliphatic heterocycles. The molecule has 0 atom stereocenters. The molecule has 1 aromatic carbocycles. The summed E-state index contributed by atoms with van der Waals surface area (Å²) in [5, 5.41) is 3.63. The van der Waals surface area contributed by atoms with Gasteiger partial charge in [-0.1, -0.05) is 24.0 Å². The number of aryl methyl sites for hydroxylation is 2. The summed E-state index contributed by atoms with van der Waals surface area (Å²) in [6, 6.07) is 7.38. The van der Waals surface area contributed by atoms with Crippen molar-refractivity contribution in [3.8, 4) is 23.3 Å². The van der Waals surface area contributed by atoms with Crippen molar-refractivity contribution in [2.24, 2.45) is 0 Å². The number of aromatic nitrogens is 1. The third kappa shape index (κ3) is 4.73. The summed E-state index contributed by atoms with van der Waals surface area (Å²) in [7, 11) is 1.59. The lowest BCUT2D eigenvalue weighted by Crippen LogP contribution is -2.23. The molecular formula is C17H18N2O3S. The number of thiazole rings is 1. The zero-order valence-electron chi connectivity index (χ0n) is 13.3. The van der Waals surface area contributed by atoms with Crippen LogP contribution in [0.4, 0.5) is 0 Å². The highest BCUT2D eigenvalue weighted by Gasteiger charge is 2.12. The van der Waals surface area contributed by atoms with Crippen LogP contribution in [0.3, 0.4) is 0 Å². The number of nitrogens with zero attached hydrogens (tertiary/aromatic N) is 1. The zero-order chi connectivity index (χ0) is 16.7. The van der Waals surface area contributed by atoms with Crippen molar-refractivity contribution in [3.63, 3.8) is 0 Å². The predicted molar refractivity (Wildman–Crippen MR) is 90.2 cm³/mol. The van der Waals surface area contributed by atoms with Crippen molar-refractivity contribution >= 4 is 17.2 Å². The molecule has 1 heterocycles. The van der Waals surface area contributed by atoms with Crippen LogP contribution >= 0.6 is 11.3 Å². The average Bonchev–Trinajstić information content (AvgIpc) is 2.89. The number of nitrogens with one attached hydrogen (secondary N) is 1. The summed E-state index contributed by atoms with van der Waals surface area (Å²) in [5.74, 6) is 6.88. The summed E-state index contributed by atoms with van der Waals surface area (Å²) in [6.07, 6.45) is 0. The van der Waals surface area contributed by atoms with Gasteiger partial charge in [0, 0.05) is 0 Å². The maximum Gasteiger partial charge on any atom is 0.264 e. The Kier molecular flexibility index (Phi) is 6.01. The summed E-state index contributed by atoms with van der Waals surface area (Å²) in [4.78, 5) is 16.8. The molecule has 1 N–H and O–H groups in total. The smallest absolute Gasteiger partial charge is 0.264 e. The van der Waals surface area contributed by atoms with Gasteiger partial charge in [0.1, 0.15) is 11.5 Å². The SMILES string of the molecule is COc1ccccc1OCC#CCNC(=O)c1sc(C)nc1C. The summed E-state index contributed by atoms with van der Waals surface area (Å²) in [5.41, 5.74) is 0.748. The normalized spacial score (nSPS) is 9.70. The second-order valence-electron chi connectivity index (χ2n) is 4.62. The number of methoxy groups -OCH3 is 1. The highest BCUT2D eigenvalue weighted by molar-refractivity contribution is 7.13. The Labute approximate surface area is 139 Å². The third-order valence-electron chi connectivity index (χ3n) is 2.94. The number of ether oxygens (including phenoxy) is 2. The molecule has 0 fully saturated rings. The molecule has 0 radical (unpaired) electrons. The van der Waals surface area contributed by atoms with Crippen molar-refractivity contribution in [2.75, 3.05) is 20.3 Å². The summed E-state index contributed by atoms with van der Waals surface area (Å²) >= 11 is 1.38. The van der Waals surface area contributed by atoms with E-state index in [1.165, 1.54) is 11.3 Å². The zero-order valence-corrected chi connectivity index (χ0v) is 14.1. The fraction of sp³-hybridized carbons (Fsp3) is 0.294. The molecule has 0 bridgehead atoms. The molecule has 0 unspecified atom stereocenters. The van der Waals surface area contributed by atoms with Crippen molar-refractivity contribution in [2.45, 2.75) is 13.8 Å². The number of hydrogen-bond acceptors (Lipinski definition) is 5. The first-order chi connectivity index (χ1) is 11.1. The van der Waals surface area contributed by atoms with Crippen LogP contribution < -0.4 is 14.8 Å². The van der Waals surface area contributed by atoms with Gasteiger partial charge in [0.05, 0.1) is 24.4 Å². The first-order valence-electron chi connectivity index (χ1n) is 7.05. The van der Waals surface area contributed by atoms with Gasteiger partial charge < -0.3 is 14.8 Å². The Morgan fingerprint density at radius 1 is 1.26 bits per heavy atom. The van der Waals surface area contributed by atoms with E-state index in [4.69, 9.17) is 9.47 Å². The highest BCUT2D eigenvalue weighted by Crippen LogP contribution is 2.25. The van der Waals surface area contributed by atoms with Gasteiger partial charge >= 0.3 is 0 Å². The Balaban J connectivity index is 1.78. The standard InChI is InChI=1S/C17H18N2O3S/c1-12-16(23-13(2)19-12)17(20)18-10-6-7-11-22-15-9-5-4-8-14(15)21-3/h4-5,8-9H,10-11H2,1-3H3,(H,18,20). The van der Waals surface area contributed by atoms with E-state index in [0.717, 1.165) is 10.7 Å². The monoisotopic (exact) mass is 330 g/mol. The minimum Gasteiger partial charge on any atom is -0.493 e. The Bertz CT molecular complexity index is 744. The van der Waals surface area contributed by atoms with Gasteiger partial charge in [-0.25, -0.2) is 4.98 Å². The topological polar surface area (TPSA) is 60.5 Å². The molecular weight excluding hydrogens is 312 g/mol. The number of carbonyl (C=O) groups is 1. The molecule has 0 saturated heterocycles. The van der Waals surface area contributed by atoms with Gasteiger partial charge in [0.15, 0.2) is 11.5 Å². The number of rotatable bonds is 5. The third-order valence-corrected chi connectivity index (χ3v) is 4.01. The molecule has 2 rings (SSSR count). The Hall–Kier alpha value is -2.52. The second-order valence-corrected chi connectivity index (χ2v) is 5.83. The van der Waals surface area contributed by atoms with Crippen molar-refractivity contribution < 1.29 is 14.3 Å². The second kappa shape index (κ2) is 8.20. The van der Waals surface area contributed by atoms with E-state index in [1.807, 2.05) is 38.1 Å². The van der Waals surface area contributed by atoms with E-state index in [0.29, 0.717) is 16.4 Å². The van der Waals surface area contributed by atoms with Crippen LogP contribution in [0.25, 0.3) is 0 Å². The Morgan fingerprint density at radius 2 is 2.00 bits per heavy atom. The quantitative estimate of drug-likeness (QED) is 0.856. The van der Waals surface area contributed by atoms with Gasteiger partial charge in [-0.3, -0.25) is 4.79 Å². The number of hydrogen-bond donors (Lipinski definition) is 1. The van der Waals surface area contributed by atoms with Gasteiger partial charge in [0.2, 0.25) is 0 Å². The van der Waals surface area contributed by atoms with Crippen LogP contribution in [-0.2, 0) is 0 Å². The lowest BCUT2D eigenvalue weighted by molar-refractivity contribution is 0.0962. The molecule has 5 nitrogen and oxygen atoms in total. The molecule has 0 aliphatic rings. The maximum absolute atomic E-state index is 12.0. The minimum atomic E-state index is -0.145. The maximum atomic E-state index is 12.0. The predicted octanol–water partition coefficient (Wildman–Crippen LogP) is 2.58. The fourth-order valence-corrected chi connectivity index (χ4v) is 2.75. The van der Waals surface area contributed by atoms with Gasteiger partial charge in [-0.05, 0) is 26.0 Å². The molecule has 0 spiro atoms. The first-order valence-corrected chi connectivity index (χ1v) is 7.87. The molecule has 6 heteroatoms. The highest BCUT2D eigenvalue weighted by atomic mass is 32.1. The van der Waals surface area contributed by atoms with Crippen LogP contribution in [-0.4, -0.2) is 31.2 Å². The molecule has 1 amide bonds. The molecule has 0 saturated carbocycles. The van der Waals surface area contributed by atoms with Crippen LogP contribution in [0.5, 0.6) is 11.5 Å². The molecule has 23 heavy (non-hydrogen) atoms. The lowest BCUT2D eigenvalue weighted by Gasteiger charge is -2.07. The average molecular weight is 330 g/mol. The van der Waals surface area contributed by atoms with E-state index in [2.05, 4.69) is 22.1 Å². The van der Waals surface area contributed by atoms with Gasteiger partial charge in [-0.2, -0.15) is 0 Å². The van der Waals surface area contributed by atoms with Gasteiger partial charge in [-0.15, -0.1) is 11.3 Å². The fourth-order valence-electron chi connectivity index (χ4n) is 1.91. The van der Waals surface area contributed by atoms with Gasteiger partial charge in [0.25, 0.3) is 5.91 Å². The number of benzene rings is 1. The first kappa shape index (κ1) is 16.8. The molecule has 0 aliphatic carbocycles. The van der Waals surface area contributed by atoms with Crippen LogP contribution in [0.2, 0.25) is 0 Å². The van der Waals surface area contributed by atoms with Crippen molar-refractivity contribution in [1.29, 1.82) is 0 Å². The molecule has 1 aromatic heterocycles. The van der Waals surface area contributed by atoms with Crippen molar-refractivity contribution in [3.05, 3.63) is 39.8 Å². The van der Waals surface area contributed by atoms with E-state index < -0.39 is 0 Å². The van der Waals surface area contributed by atoms with Crippen LogP contribution in [0, 0.1) is 25.7 Å². The van der Waals surface area contributed by atoms with Crippen LogP contribution in [0.15, 0.2) is 24.3 Å². The van der Waals surface area contributed by atoms with Crippen LogP contribution in [0.1, 0.15) is 20.4 Å². The van der Waals surface area contributed by atoms with E-state index in [1.54, 1.807) is 7.11 Å². The minimum absolute atomic E-state index is 0.145. The largest absolute Gasteiger partial charge is 0.493 e. The lowest BCUT2D eigenvalue weighted by atomic mass is 10.3. The number of amides is 1. The number of para-hydroxylation sites is 2.